The molecule has 3 rings (SSSR count). The maximum atomic E-state index is 13.8. The van der Waals surface area contributed by atoms with E-state index >= 15 is 0 Å². The molecule has 3 amide bonds. The first-order valence-corrected chi connectivity index (χ1v) is 13.9. The van der Waals surface area contributed by atoms with Crippen molar-refractivity contribution in [2.75, 3.05) is 32.5 Å². The van der Waals surface area contributed by atoms with Crippen LogP contribution in [-0.4, -0.2) is 61.4 Å². The molecule has 0 bridgehead atoms. The van der Waals surface area contributed by atoms with Crippen LogP contribution < -0.4 is 21.3 Å². The van der Waals surface area contributed by atoms with Crippen LogP contribution >= 0.6 is 11.6 Å². The van der Waals surface area contributed by atoms with Gasteiger partial charge >= 0.3 is 18.0 Å². The number of anilines is 1. The molecule has 13 heteroatoms. The molecule has 1 aliphatic heterocycles. The topological polar surface area (TPSA) is 162 Å². The summed E-state index contributed by atoms with van der Waals surface area (Å²) < 4.78 is 10.1. The number of carbonyl (C=O) groups excluding carboxylic acids is 4. The molecule has 12 nitrogen and oxygen atoms in total. The molecular formula is C29H36ClN5O7. The molecule has 0 radical (unpaired) electrons. The number of nitrogens with zero attached hydrogens (tertiary/aromatic N) is 2. The Morgan fingerprint density at radius 3 is 2.60 bits per heavy atom. The van der Waals surface area contributed by atoms with Gasteiger partial charge in [-0.1, -0.05) is 31.0 Å². The summed E-state index contributed by atoms with van der Waals surface area (Å²) in [6, 6.07) is 8.57. The number of amides is 3. The smallest absolute Gasteiger partial charge is 0.347 e. The number of benzene rings is 2. The maximum Gasteiger partial charge on any atom is 0.347 e. The zero-order chi connectivity index (χ0) is 30.8. The number of halogens is 1. The first-order chi connectivity index (χ1) is 20.1. The lowest BCUT2D eigenvalue weighted by Gasteiger charge is -2.27. The Bertz CT molecular complexity index is 1350. The number of carbonyl (C=O) groups is 4. The number of nitrogens with two attached hydrogens (primary N) is 1. The van der Waals surface area contributed by atoms with Crippen molar-refractivity contribution in [2.45, 2.75) is 46.1 Å². The fourth-order valence-corrected chi connectivity index (χ4v) is 4.71. The third kappa shape index (κ3) is 8.43. The van der Waals surface area contributed by atoms with E-state index in [9.17, 15) is 19.2 Å². The lowest BCUT2D eigenvalue weighted by atomic mass is 9.97. The van der Waals surface area contributed by atoms with Gasteiger partial charge in [-0.25, -0.2) is 9.59 Å². The summed E-state index contributed by atoms with van der Waals surface area (Å²) in [5, 5.41) is 3.43. The number of aliphatic imine (C=N–C) groups is 1. The number of urea groups is 1. The largest absolute Gasteiger partial charge is 0.496 e. The lowest BCUT2D eigenvalue weighted by Crippen LogP contribution is -2.50. The van der Waals surface area contributed by atoms with Crippen LogP contribution in [0.2, 0.25) is 5.02 Å². The average molecular weight is 602 g/mol. The molecule has 226 valence electrons. The first-order valence-electron chi connectivity index (χ1n) is 13.5. The minimum Gasteiger partial charge on any atom is -0.496 e. The molecule has 4 N–H and O–H groups in total. The molecular weight excluding hydrogens is 566 g/mol. The van der Waals surface area contributed by atoms with Gasteiger partial charge in [0.15, 0.2) is 0 Å². The van der Waals surface area contributed by atoms with E-state index in [1.165, 1.54) is 13.2 Å². The minimum atomic E-state index is -0.867. The van der Waals surface area contributed by atoms with Crippen molar-refractivity contribution in [2.24, 2.45) is 10.9 Å². The first kappa shape index (κ1) is 32.4. The number of rotatable bonds is 10. The van der Waals surface area contributed by atoms with Gasteiger partial charge in [0.05, 0.1) is 44.3 Å². The fraction of sp³-hybridized carbons (Fsp3) is 0.414. The number of nitrogen functional groups attached to an aromatic ring is 1. The van der Waals surface area contributed by atoms with Crippen LogP contribution in [0.25, 0.3) is 0 Å². The summed E-state index contributed by atoms with van der Waals surface area (Å²) in [4.78, 5) is 61.7. The van der Waals surface area contributed by atoms with Gasteiger partial charge in [0, 0.05) is 17.6 Å². The van der Waals surface area contributed by atoms with Crippen molar-refractivity contribution in [1.82, 2.24) is 15.7 Å². The number of esters is 2. The molecule has 0 saturated carbocycles. The Kier molecular flexibility index (Phi) is 11.7. The van der Waals surface area contributed by atoms with Crippen molar-refractivity contribution in [3.05, 3.63) is 58.1 Å². The van der Waals surface area contributed by atoms with E-state index in [1.54, 1.807) is 37.3 Å². The second-order valence-corrected chi connectivity index (χ2v) is 10.1. The predicted octanol–water partition coefficient (Wildman–Crippen LogP) is 3.83. The van der Waals surface area contributed by atoms with Crippen molar-refractivity contribution in [3.63, 3.8) is 0 Å². The van der Waals surface area contributed by atoms with Crippen molar-refractivity contribution >= 4 is 47.0 Å². The monoisotopic (exact) mass is 601 g/mol. The van der Waals surface area contributed by atoms with Crippen LogP contribution in [0.15, 0.2) is 41.4 Å². The Balaban J connectivity index is 1.88. The van der Waals surface area contributed by atoms with Gasteiger partial charge < -0.3 is 20.5 Å². The zero-order valence-corrected chi connectivity index (χ0v) is 24.8. The van der Waals surface area contributed by atoms with E-state index < -0.39 is 35.8 Å². The van der Waals surface area contributed by atoms with Gasteiger partial charge in [-0.2, -0.15) is 0 Å². The number of hydrogen-bond acceptors (Lipinski definition) is 10. The number of hydroxylamine groups is 1. The summed E-state index contributed by atoms with van der Waals surface area (Å²) in [6.45, 7) is 5.18. The highest BCUT2D eigenvalue weighted by Gasteiger charge is 2.34. The van der Waals surface area contributed by atoms with E-state index in [4.69, 9.17) is 26.9 Å². The molecule has 2 atom stereocenters. The van der Waals surface area contributed by atoms with Crippen LogP contribution in [0.5, 0.6) is 5.75 Å². The second kappa shape index (κ2) is 15.2. The third-order valence-corrected chi connectivity index (χ3v) is 6.76. The van der Waals surface area contributed by atoms with Crippen LogP contribution in [0, 0.1) is 5.92 Å². The Hall–Kier alpha value is -4.16. The van der Waals surface area contributed by atoms with Gasteiger partial charge in [0.2, 0.25) is 5.91 Å². The molecule has 0 aromatic heterocycles. The number of nitrogens with one attached hydrogen (secondary N) is 2. The number of methoxy groups -OCH3 is 1. The Labute approximate surface area is 249 Å². The molecule has 0 spiro atoms. The van der Waals surface area contributed by atoms with Gasteiger partial charge in [0.1, 0.15) is 11.6 Å². The van der Waals surface area contributed by atoms with E-state index in [0.29, 0.717) is 47.2 Å². The molecule has 2 aromatic carbocycles. The summed E-state index contributed by atoms with van der Waals surface area (Å²) in [5.41, 5.74) is 10.3. The molecule has 0 unspecified atom stereocenters. The molecule has 42 heavy (non-hydrogen) atoms. The quantitative estimate of drug-likeness (QED) is 0.159. The summed E-state index contributed by atoms with van der Waals surface area (Å²) in [6.07, 6.45) is 1.46. The molecule has 1 heterocycles. The van der Waals surface area contributed by atoms with Crippen molar-refractivity contribution < 1.29 is 33.5 Å². The number of imide groups is 1. The summed E-state index contributed by atoms with van der Waals surface area (Å²) in [7, 11) is 1.53. The third-order valence-electron chi connectivity index (χ3n) is 6.52. The van der Waals surface area contributed by atoms with E-state index in [-0.39, 0.29) is 30.8 Å². The van der Waals surface area contributed by atoms with Gasteiger partial charge in [-0.05, 0) is 61.2 Å². The second-order valence-electron chi connectivity index (χ2n) is 9.62. The maximum absolute atomic E-state index is 13.8. The molecule has 1 aliphatic rings. The van der Waals surface area contributed by atoms with Gasteiger partial charge in [0.25, 0.3) is 0 Å². The molecule has 2 aromatic rings. The zero-order valence-electron chi connectivity index (χ0n) is 24.1. The minimum absolute atomic E-state index is 0.0281. The fourth-order valence-electron chi connectivity index (χ4n) is 4.52. The average Bonchev–Trinajstić information content (AvgIpc) is 3.09. The normalized spacial score (nSPS) is 15.7. The van der Waals surface area contributed by atoms with Crippen LogP contribution in [0.1, 0.15) is 61.1 Å². The van der Waals surface area contributed by atoms with Crippen LogP contribution in [0.3, 0.4) is 0 Å². The molecule has 0 saturated heterocycles. The number of amidine groups is 1. The van der Waals surface area contributed by atoms with Crippen molar-refractivity contribution in [3.8, 4) is 5.75 Å². The summed E-state index contributed by atoms with van der Waals surface area (Å²) in [5.74, 6) is -1.84. The van der Waals surface area contributed by atoms with Crippen molar-refractivity contribution in [1.29, 1.82) is 0 Å². The highest BCUT2D eigenvalue weighted by Crippen LogP contribution is 2.28. The Morgan fingerprint density at radius 2 is 1.95 bits per heavy atom. The van der Waals surface area contributed by atoms with Crippen LogP contribution in [-0.2, 0) is 25.6 Å². The van der Waals surface area contributed by atoms with E-state index in [0.717, 1.165) is 11.8 Å². The summed E-state index contributed by atoms with van der Waals surface area (Å²) >= 11 is 6.21. The van der Waals surface area contributed by atoms with E-state index in [1.807, 2.05) is 6.92 Å². The van der Waals surface area contributed by atoms with E-state index in [2.05, 4.69) is 20.5 Å². The predicted molar refractivity (Wildman–Crippen MR) is 157 cm³/mol. The highest BCUT2D eigenvalue weighted by molar-refractivity contribution is 6.30. The van der Waals surface area contributed by atoms with Crippen LogP contribution in [0.4, 0.5) is 10.5 Å². The lowest BCUT2D eigenvalue weighted by molar-refractivity contribution is -0.135. The molecule has 0 aliphatic carbocycles. The number of ether oxygens (including phenoxy) is 2. The van der Waals surface area contributed by atoms with Gasteiger partial charge in [-0.3, -0.25) is 29.8 Å². The number of hydrogen-bond donors (Lipinski definition) is 3. The Morgan fingerprint density at radius 1 is 1.19 bits per heavy atom. The standard InChI is InChI=1S/C29H36ClN5O7/c1-5-7-24(18-8-10-22(23(31)14-18)28(38)42-17(3)36)33-29(39)35-16-26(34-41-6-2)32-15-20(27(35)37)12-19-13-21(30)9-11-25(19)40-4/h8-11,13-14,20,24H,5-7,12,15-16,31H2,1-4H3,(H,32,34)(H,33,39)/t20-,24+/m0/s1. The molecule has 0 fully saturated rings. The SMILES string of the molecule is CCC[C@@H](NC(=O)N1CC(NOCC)=NC[C@H](Cc2cc(Cl)ccc2OC)C1=O)c1ccc(C(=O)OC(C)=O)c(N)c1. The highest BCUT2D eigenvalue weighted by atomic mass is 35.5. The van der Waals surface area contributed by atoms with Gasteiger partial charge in [-0.15, -0.1) is 0 Å².